The van der Waals surface area contributed by atoms with Gasteiger partial charge in [-0.15, -0.1) is 0 Å². The van der Waals surface area contributed by atoms with Gasteiger partial charge in [0.15, 0.2) is 0 Å². The molecule has 5 nitrogen and oxygen atoms in total. The molecule has 5 heteroatoms. The third-order valence-electron chi connectivity index (χ3n) is 2.05. The fourth-order valence-corrected chi connectivity index (χ4v) is 1.10. The Labute approximate surface area is 90.8 Å². The average molecular weight is 215 g/mol. The quantitative estimate of drug-likeness (QED) is 0.482. The number of carbonyl (C=O) groups excluding carboxylic acids is 2. The number of nitrogens with two attached hydrogens (primary N) is 1. The van der Waals surface area contributed by atoms with Crippen LogP contribution >= 0.6 is 0 Å². The van der Waals surface area contributed by atoms with E-state index in [4.69, 9.17) is 5.73 Å². The van der Waals surface area contributed by atoms with Gasteiger partial charge in [-0.3, -0.25) is 9.59 Å². The first-order valence-electron chi connectivity index (χ1n) is 5.34. The van der Waals surface area contributed by atoms with Crippen molar-refractivity contribution in [3.05, 3.63) is 0 Å². The van der Waals surface area contributed by atoms with Gasteiger partial charge in [0.05, 0.1) is 0 Å². The summed E-state index contributed by atoms with van der Waals surface area (Å²) >= 11 is 0. The number of hydrogen-bond acceptors (Lipinski definition) is 3. The summed E-state index contributed by atoms with van der Waals surface area (Å²) in [4.78, 5) is 21.8. The SMILES string of the molecule is CCNCC(C)C(=O)NCCCC(N)=O. The molecular formula is C10H21N3O2. The normalized spacial score (nSPS) is 12.1. The van der Waals surface area contributed by atoms with Crippen molar-refractivity contribution in [2.24, 2.45) is 11.7 Å². The third kappa shape index (κ3) is 7.93. The van der Waals surface area contributed by atoms with E-state index in [1.807, 2.05) is 13.8 Å². The Balaban J connectivity index is 3.51. The first kappa shape index (κ1) is 13.9. The van der Waals surface area contributed by atoms with E-state index < -0.39 is 0 Å². The first-order chi connectivity index (χ1) is 7.07. The molecule has 0 bridgehead atoms. The van der Waals surface area contributed by atoms with E-state index in [-0.39, 0.29) is 17.7 Å². The molecule has 0 aromatic heterocycles. The zero-order valence-electron chi connectivity index (χ0n) is 9.51. The van der Waals surface area contributed by atoms with E-state index in [9.17, 15) is 9.59 Å². The molecule has 0 aromatic carbocycles. The van der Waals surface area contributed by atoms with Crippen LogP contribution in [0.4, 0.5) is 0 Å². The van der Waals surface area contributed by atoms with E-state index in [1.165, 1.54) is 0 Å². The van der Waals surface area contributed by atoms with Gasteiger partial charge in [-0.1, -0.05) is 13.8 Å². The van der Waals surface area contributed by atoms with Crippen molar-refractivity contribution in [3.63, 3.8) is 0 Å². The number of hydrogen-bond donors (Lipinski definition) is 3. The molecule has 4 N–H and O–H groups in total. The molecule has 0 rings (SSSR count). The Morgan fingerprint density at radius 1 is 1.40 bits per heavy atom. The average Bonchev–Trinajstić information content (AvgIpc) is 2.20. The van der Waals surface area contributed by atoms with E-state index >= 15 is 0 Å². The lowest BCUT2D eigenvalue weighted by molar-refractivity contribution is -0.124. The van der Waals surface area contributed by atoms with Crippen LogP contribution in [0.2, 0.25) is 0 Å². The van der Waals surface area contributed by atoms with Gasteiger partial charge < -0.3 is 16.4 Å². The minimum atomic E-state index is -0.329. The molecule has 0 aliphatic carbocycles. The fourth-order valence-electron chi connectivity index (χ4n) is 1.10. The number of primary amides is 1. The van der Waals surface area contributed by atoms with Crippen molar-refractivity contribution < 1.29 is 9.59 Å². The molecule has 0 saturated carbocycles. The Bertz CT molecular complexity index is 207. The van der Waals surface area contributed by atoms with Crippen LogP contribution in [0.25, 0.3) is 0 Å². The highest BCUT2D eigenvalue weighted by atomic mass is 16.2. The van der Waals surface area contributed by atoms with Crippen LogP contribution in [0, 0.1) is 5.92 Å². The second-order valence-electron chi connectivity index (χ2n) is 3.57. The zero-order valence-corrected chi connectivity index (χ0v) is 9.51. The lowest BCUT2D eigenvalue weighted by atomic mass is 10.1. The Morgan fingerprint density at radius 3 is 2.60 bits per heavy atom. The summed E-state index contributed by atoms with van der Waals surface area (Å²) in [5.41, 5.74) is 4.97. The molecule has 15 heavy (non-hydrogen) atoms. The fraction of sp³-hybridized carbons (Fsp3) is 0.800. The van der Waals surface area contributed by atoms with Crippen LogP contribution in [0.3, 0.4) is 0 Å². The molecule has 2 amide bonds. The van der Waals surface area contributed by atoms with Gasteiger partial charge in [0.25, 0.3) is 0 Å². The Hall–Kier alpha value is -1.10. The lowest BCUT2D eigenvalue weighted by Gasteiger charge is -2.11. The first-order valence-corrected chi connectivity index (χ1v) is 5.34. The summed E-state index contributed by atoms with van der Waals surface area (Å²) in [7, 11) is 0. The zero-order chi connectivity index (χ0) is 11.7. The standard InChI is InChI=1S/C10H21N3O2/c1-3-12-7-8(2)10(15)13-6-4-5-9(11)14/h8,12H,3-7H2,1-2H3,(H2,11,14)(H,13,15). The number of nitrogens with one attached hydrogen (secondary N) is 2. The monoisotopic (exact) mass is 215 g/mol. The highest BCUT2D eigenvalue weighted by Gasteiger charge is 2.10. The molecule has 0 aromatic rings. The minimum absolute atomic E-state index is 0.0143. The van der Waals surface area contributed by atoms with Crippen LogP contribution < -0.4 is 16.4 Å². The van der Waals surface area contributed by atoms with Gasteiger partial charge >= 0.3 is 0 Å². The molecule has 0 aliphatic rings. The number of carbonyl (C=O) groups is 2. The maximum absolute atomic E-state index is 11.4. The van der Waals surface area contributed by atoms with E-state index in [0.717, 1.165) is 6.54 Å². The smallest absolute Gasteiger partial charge is 0.224 e. The van der Waals surface area contributed by atoms with E-state index in [2.05, 4.69) is 10.6 Å². The maximum Gasteiger partial charge on any atom is 0.224 e. The molecule has 0 fully saturated rings. The summed E-state index contributed by atoms with van der Waals surface area (Å²) in [6.07, 6.45) is 0.927. The van der Waals surface area contributed by atoms with Gasteiger partial charge in [0, 0.05) is 25.4 Å². The molecule has 0 radical (unpaired) electrons. The molecule has 0 spiro atoms. The van der Waals surface area contributed by atoms with E-state index in [1.54, 1.807) is 0 Å². The van der Waals surface area contributed by atoms with Crippen molar-refractivity contribution in [2.75, 3.05) is 19.6 Å². The van der Waals surface area contributed by atoms with Crippen LogP contribution in [-0.2, 0) is 9.59 Å². The minimum Gasteiger partial charge on any atom is -0.370 e. The van der Waals surface area contributed by atoms with Crippen molar-refractivity contribution >= 4 is 11.8 Å². The van der Waals surface area contributed by atoms with Crippen LogP contribution in [0.5, 0.6) is 0 Å². The number of rotatable bonds is 8. The van der Waals surface area contributed by atoms with Crippen LogP contribution in [0.15, 0.2) is 0 Å². The summed E-state index contributed by atoms with van der Waals surface area (Å²) in [6.45, 7) is 5.92. The van der Waals surface area contributed by atoms with Gasteiger partial charge in [-0.25, -0.2) is 0 Å². The molecule has 1 atom stereocenters. The van der Waals surface area contributed by atoms with Crippen molar-refractivity contribution in [3.8, 4) is 0 Å². The Kier molecular flexibility index (Phi) is 7.62. The van der Waals surface area contributed by atoms with E-state index in [0.29, 0.717) is 25.9 Å². The molecule has 0 heterocycles. The molecule has 88 valence electrons. The summed E-state index contributed by atoms with van der Waals surface area (Å²) in [5.74, 6) is -0.358. The molecule has 1 unspecified atom stereocenters. The van der Waals surface area contributed by atoms with Gasteiger partial charge in [0.2, 0.25) is 11.8 Å². The largest absolute Gasteiger partial charge is 0.370 e. The summed E-state index contributed by atoms with van der Waals surface area (Å²) in [6, 6.07) is 0. The molecule has 0 saturated heterocycles. The highest BCUT2D eigenvalue weighted by Crippen LogP contribution is 1.93. The highest BCUT2D eigenvalue weighted by molar-refractivity contribution is 5.78. The summed E-state index contributed by atoms with van der Waals surface area (Å²) < 4.78 is 0. The summed E-state index contributed by atoms with van der Waals surface area (Å²) in [5, 5.41) is 5.86. The second-order valence-corrected chi connectivity index (χ2v) is 3.57. The van der Waals surface area contributed by atoms with Gasteiger partial charge in [-0.05, 0) is 13.0 Å². The maximum atomic E-state index is 11.4. The second kappa shape index (κ2) is 8.23. The Morgan fingerprint density at radius 2 is 2.07 bits per heavy atom. The predicted molar refractivity (Wildman–Crippen MR) is 59.1 cm³/mol. The third-order valence-corrected chi connectivity index (χ3v) is 2.05. The van der Waals surface area contributed by atoms with Crippen molar-refractivity contribution in [1.82, 2.24) is 10.6 Å². The molecule has 0 aliphatic heterocycles. The molecular weight excluding hydrogens is 194 g/mol. The predicted octanol–water partition coefficient (Wildman–Crippen LogP) is -0.386. The van der Waals surface area contributed by atoms with Crippen molar-refractivity contribution in [2.45, 2.75) is 26.7 Å². The van der Waals surface area contributed by atoms with Gasteiger partial charge in [-0.2, -0.15) is 0 Å². The lowest BCUT2D eigenvalue weighted by Crippen LogP contribution is -2.35. The topological polar surface area (TPSA) is 84.2 Å². The van der Waals surface area contributed by atoms with Crippen LogP contribution in [0.1, 0.15) is 26.7 Å². The van der Waals surface area contributed by atoms with Gasteiger partial charge in [0.1, 0.15) is 0 Å². The van der Waals surface area contributed by atoms with Crippen molar-refractivity contribution in [1.29, 1.82) is 0 Å². The number of amides is 2. The van der Waals surface area contributed by atoms with Crippen LogP contribution in [-0.4, -0.2) is 31.4 Å².